The third kappa shape index (κ3) is 5.31. The summed E-state index contributed by atoms with van der Waals surface area (Å²) < 4.78 is 9.52. The lowest BCUT2D eigenvalue weighted by Crippen LogP contribution is -2.16. The van der Waals surface area contributed by atoms with Crippen LogP contribution >= 0.6 is 0 Å². The van der Waals surface area contributed by atoms with Gasteiger partial charge in [0.2, 0.25) is 5.88 Å². The molecule has 1 heterocycles. The Morgan fingerprint density at radius 2 is 2.24 bits per heavy atom. The van der Waals surface area contributed by atoms with Crippen LogP contribution in [0.5, 0.6) is 5.88 Å². The van der Waals surface area contributed by atoms with E-state index in [-0.39, 0.29) is 5.97 Å². The molecule has 17 heavy (non-hydrogen) atoms. The molecular formula is C12H18N2O3. The van der Waals surface area contributed by atoms with Crippen molar-refractivity contribution in [3.05, 3.63) is 23.9 Å². The number of carbonyl (C=O) groups excluding carboxylic acids is 1. The minimum atomic E-state index is -0.169. The Kier molecular flexibility index (Phi) is 6.03. The van der Waals surface area contributed by atoms with Crippen LogP contribution in [0.4, 0.5) is 0 Å². The van der Waals surface area contributed by atoms with E-state index in [2.05, 4.69) is 15.0 Å². The number of aromatic nitrogens is 1. The average molecular weight is 238 g/mol. The number of ether oxygens (including phenoxy) is 2. The maximum absolute atomic E-state index is 10.8. The molecule has 0 aromatic carbocycles. The summed E-state index contributed by atoms with van der Waals surface area (Å²) in [5.41, 5.74) is 1.09. The molecule has 0 bridgehead atoms. The summed E-state index contributed by atoms with van der Waals surface area (Å²) in [6.45, 7) is 1.51. The van der Waals surface area contributed by atoms with Crippen molar-refractivity contribution in [1.29, 1.82) is 0 Å². The fourth-order valence-corrected chi connectivity index (χ4v) is 1.33. The highest BCUT2D eigenvalue weighted by atomic mass is 16.5. The number of carbonyl (C=O) groups is 1. The summed E-state index contributed by atoms with van der Waals surface area (Å²) in [5.74, 6) is 0.442. The van der Waals surface area contributed by atoms with E-state index in [1.807, 2.05) is 12.1 Å². The molecule has 0 spiro atoms. The molecule has 0 amide bonds. The third-order valence-electron chi connectivity index (χ3n) is 2.30. The second-order valence-electron chi connectivity index (χ2n) is 3.57. The van der Waals surface area contributed by atoms with Gasteiger partial charge in [-0.3, -0.25) is 4.79 Å². The fourth-order valence-electron chi connectivity index (χ4n) is 1.33. The Hall–Kier alpha value is -1.62. The first-order valence-electron chi connectivity index (χ1n) is 5.52. The van der Waals surface area contributed by atoms with Crippen LogP contribution in [0.3, 0.4) is 0 Å². The molecule has 1 rings (SSSR count). The van der Waals surface area contributed by atoms with Gasteiger partial charge in [0.25, 0.3) is 0 Å². The number of hydrogen-bond donors (Lipinski definition) is 1. The van der Waals surface area contributed by atoms with Crippen LogP contribution in [0.15, 0.2) is 18.3 Å². The monoisotopic (exact) mass is 238 g/mol. The van der Waals surface area contributed by atoms with Gasteiger partial charge in [-0.25, -0.2) is 4.98 Å². The molecule has 1 N–H and O–H groups in total. The van der Waals surface area contributed by atoms with E-state index < -0.39 is 0 Å². The number of hydrogen-bond acceptors (Lipinski definition) is 5. The Morgan fingerprint density at radius 1 is 1.41 bits per heavy atom. The van der Waals surface area contributed by atoms with Crippen molar-refractivity contribution >= 4 is 5.97 Å². The maximum atomic E-state index is 10.8. The summed E-state index contributed by atoms with van der Waals surface area (Å²) >= 11 is 0. The highest BCUT2D eigenvalue weighted by Crippen LogP contribution is 2.06. The van der Waals surface area contributed by atoms with E-state index in [1.54, 1.807) is 13.3 Å². The quantitative estimate of drug-likeness (QED) is 0.570. The van der Waals surface area contributed by atoms with Crippen LogP contribution in [0.25, 0.3) is 0 Å². The van der Waals surface area contributed by atoms with Gasteiger partial charge in [0.15, 0.2) is 0 Å². The summed E-state index contributed by atoms with van der Waals surface area (Å²) in [7, 11) is 2.99. The highest BCUT2D eigenvalue weighted by Gasteiger charge is 1.99. The number of nitrogens with zero attached hydrogens (tertiary/aromatic N) is 1. The van der Waals surface area contributed by atoms with Gasteiger partial charge >= 0.3 is 5.97 Å². The molecule has 0 aliphatic heterocycles. The largest absolute Gasteiger partial charge is 0.481 e. The number of rotatable bonds is 7. The van der Waals surface area contributed by atoms with E-state index in [9.17, 15) is 4.79 Å². The molecule has 0 aliphatic carbocycles. The van der Waals surface area contributed by atoms with Crippen molar-refractivity contribution in [2.45, 2.75) is 19.4 Å². The van der Waals surface area contributed by atoms with Crippen LogP contribution in [-0.2, 0) is 16.1 Å². The molecule has 0 saturated carbocycles. The van der Waals surface area contributed by atoms with E-state index in [4.69, 9.17) is 4.74 Å². The van der Waals surface area contributed by atoms with Gasteiger partial charge in [-0.1, -0.05) is 6.07 Å². The average Bonchev–Trinajstić information content (AvgIpc) is 2.38. The van der Waals surface area contributed by atoms with Crippen molar-refractivity contribution in [3.8, 4) is 5.88 Å². The third-order valence-corrected chi connectivity index (χ3v) is 2.30. The second-order valence-corrected chi connectivity index (χ2v) is 3.57. The van der Waals surface area contributed by atoms with Gasteiger partial charge in [-0.15, -0.1) is 0 Å². The molecule has 0 unspecified atom stereocenters. The number of methoxy groups -OCH3 is 2. The molecule has 0 atom stereocenters. The first kappa shape index (κ1) is 13.4. The number of pyridine rings is 1. The lowest BCUT2D eigenvalue weighted by molar-refractivity contribution is -0.140. The van der Waals surface area contributed by atoms with Crippen LogP contribution in [-0.4, -0.2) is 31.7 Å². The predicted molar refractivity (Wildman–Crippen MR) is 63.7 cm³/mol. The number of esters is 1. The molecular weight excluding hydrogens is 220 g/mol. The predicted octanol–water partition coefficient (Wildman–Crippen LogP) is 1.13. The van der Waals surface area contributed by atoms with E-state index in [1.165, 1.54) is 7.11 Å². The Morgan fingerprint density at radius 3 is 2.82 bits per heavy atom. The SMILES string of the molecule is COC(=O)CCCNCc1ccc(OC)nc1. The minimum Gasteiger partial charge on any atom is -0.481 e. The lowest BCUT2D eigenvalue weighted by atomic mass is 10.2. The number of nitrogens with one attached hydrogen (secondary N) is 1. The Labute approximate surface area is 101 Å². The van der Waals surface area contributed by atoms with Crippen molar-refractivity contribution in [2.75, 3.05) is 20.8 Å². The molecule has 0 saturated heterocycles. The molecule has 0 fully saturated rings. The van der Waals surface area contributed by atoms with Crippen LogP contribution in [0.1, 0.15) is 18.4 Å². The molecule has 94 valence electrons. The Balaban J connectivity index is 2.15. The maximum Gasteiger partial charge on any atom is 0.305 e. The minimum absolute atomic E-state index is 0.169. The summed E-state index contributed by atoms with van der Waals surface area (Å²) in [4.78, 5) is 14.9. The topological polar surface area (TPSA) is 60.5 Å². The zero-order valence-corrected chi connectivity index (χ0v) is 10.2. The zero-order chi connectivity index (χ0) is 12.5. The van der Waals surface area contributed by atoms with Crippen LogP contribution in [0.2, 0.25) is 0 Å². The second kappa shape index (κ2) is 7.62. The summed E-state index contributed by atoms with van der Waals surface area (Å²) in [5, 5.41) is 3.23. The van der Waals surface area contributed by atoms with Crippen molar-refractivity contribution < 1.29 is 14.3 Å². The first-order valence-corrected chi connectivity index (χ1v) is 5.52. The van der Waals surface area contributed by atoms with Gasteiger partial charge in [0, 0.05) is 25.2 Å². The molecule has 5 nitrogen and oxygen atoms in total. The van der Waals surface area contributed by atoms with Gasteiger partial charge in [0.05, 0.1) is 14.2 Å². The van der Waals surface area contributed by atoms with Crippen LogP contribution < -0.4 is 10.1 Å². The molecule has 0 aliphatic rings. The van der Waals surface area contributed by atoms with E-state index in [0.717, 1.165) is 25.1 Å². The van der Waals surface area contributed by atoms with E-state index in [0.29, 0.717) is 12.3 Å². The van der Waals surface area contributed by atoms with Gasteiger partial charge < -0.3 is 14.8 Å². The Bertz CT molecular complexity index is 338. The summed E-state index contributed by atoms with van der Waals surface area (Å²) in [6, 6.07) is 3.78. The van der Waals surface area contributed by atoms with Crippen LogP contribution in [0, 0.1) is 0 Å². The van der Waals surface area contributed by atoms with Gasteiger partial charge in [-0.05, 0) is 18.5 Å². The molecule has 1 aromatic heterocycles. The molecule has 5 heteroatoms. The summed E-state index contributed by atoms with van der Waals surface area (Å²) in [6.07, 6.45) is 2.99. The zero-order valence-electron chi connectivity index (χ0n) is 10.2. The van der Waals surface area contributed by atoms with Crippen molar-refractivity contribution in [2.24, 2.45) is 0 Å². The van der Waals surface area contributed by atoms with Crippen molar-refractivity contribution in [3.63, 3.8) is 0 Å². The van der Waals surface area contributed by atoms with E-state index >= 15 is 0 Å². The van der Waals surface area contributed by atoms with Gasteiger partial charge in [-0.2, -0.15) is 0 Å². The molecule has 0 radical (unpaired) electrons. The lowest BCUT2D eigenvalue weighted by Gasteiger charge is -2.05. The molecule has 1 aromatic rings. The normalized spacial score (nSPS) is 10.0. The fraction of sp³-hybridized carbons (Fsp3) is 0.500. The first-order chi connectivity index (χ1) is 8.26. The smallest absolute Gasteiger partial charge is 0.305 e. The van der Waals surface area contributed by atoms with Crippen molar-refractivity contribution in [1.82, 2.24) is 10.3 Å². The standard InChI is InChI=1S/C12H18N2O3/c1-16-11-6-5-10(9-14-11)8-13-7-3-4-12(15)17-2/h5-6,9,13H,3-4,7-8H2,1-2H3. The highest BCUT2D eigenvalue weighted by molar-refractivity contribution is 5.69. The van der Waals surface area contributed by atoms with Gasteiger partial charge in [0.1, 0.15) is 0 Å².